The second-order valence-corrected chi connectivity index (χ2v) is 13.2. The Bertz CT molecular complexity index is 2810. The molecule has 2 nitrogen and oxygen atoms in total. The van der Waals surface area contributed by atoms with Crippen molar-refractivity contribution in [3.63, 3.8) is 0 Å². The van der Waals surface area contributed by atoms with E-state index < -0.39 is 0 Å². The predicted octanol–water partition coefficient (Wildman–Crippen LogP) is 13.4. The lowest BCUT2D eigenvalue weighted by atomic mass is 9.97. The van der Waals surface area contributed by atoms with E-state index in [0.29, 0.717) is 0 Å². The van der Waals surface area contributed by atoms with E-state index >= 15 is 0 Å². The van der Waals surface area contributed by atoms with E-state index in [0.717, 1.165) is 50.1 Å². The SMILES string of the molecule is c1ccc(-c2ccc(N(c3ccc4c(c3)sc3ccccc34)c3cccc4ccc5ccccc5c34)c3c2oc2ccccc23)cc1. The Morgan fingerprint density at radius 2 is 1.15 bits per heavy atom. The summed E-state index contributed by atoms with van der Waals surface area (Å²) in [7, 11) is 0. The molecular formula is C44H27NOS. The fourth-order valence-corrected chi connectivity index (χ4v) is 8.47. The number of nitrogens with zero attached hydrogens (tertiary/aromatic N) is 1. The molecule has 10 aromatic rings. The van der Waals surface area contributed by atoms with Gasteiger partial charge in [-0.05, 0) is 64.2 Å². The molecule has 3 heteroatoms. The van der Waals surface area contributed by atoms with Crippen molar-refractivity contribution in [3.05, 3.63) is 164 Å². The Hall–Kier alpha value is -5.90. The molecule has 0 saturated carbocycles. The molecule has 0 atom stereocenters. The van der Waals surface area contributed by atoms with E-state index in [1.807, 2.05) is 11.3 Å². The van der Waals surface area contributed by atoms with Gasteiger partial charge in [-0.1, -0.05) is 121 Å². The maximum Gasteiger partial charge on any atom is 0.145 e. The molecule has 2 aromatic heterocycles. The van der Waals surface area contributed by atoms with Crippen molar-refractivity contribution in [2.75, 3.05) is 4.90 Å². The summed E-state index contributed by atoms with van der Waals surface area (Å²) in [4.78, 5) is 2.46. The van der Waals surface area contributed by atoms with Gasteiger partial charge in [0.05, 0.1) is 16.8 Å². The second-order valence-electron chi connectivity index (χ2n) is 12.1. The predicted molar refractivity (Wildman–Crippen MR) is 202 cm³/mol. The quantitative estimate of drug-likeness (QED) is 0.183. The third-order valence-electron chi connectivity index (χ3n) is 9.44. The molecule has 0 amide bonds. The molecule has 0 N–H and O–H groups in total. The van der Waals surface area contributed by atoms with Crippen LogP contribution in [0.3, 0.4) is 0 Å². The first kappa shape index (κ1) is 26.3. The summed E-state index contributed by atoms with van der Waals surface area (Å²) in [6.07, 6.45) is 0. The molecule has 0 fully saturated rings. The van der Waals surface area contributed by atoms with Crippen LogP contribution >= 0.6 is 11.3 Å². The van der Waals surface area contributed by atoms with Gasteiger partial charge in [0.15, 0.2) is 0 Å². The van der Waals surface area contributed by atoms with Crippen LogP contribution < -0.4 is 4.90 Å². The molecule has 2 heterocycles. The van der Waals surface area contributed by atoms with Gasteiger partial charge < -0.3 is 9.32 Å². The van der Waals surface area contributed by atoms with Crippen LogP contribution in [0.5, 0.6) is 0 Å². The van der Waals surface area contributed by atoms with Gasteiger partial charge in [-0.2, -0.15) is 0 Å². The number of hydrogen-bond donors (Lipinski definition) is 0. The second kappa shape index (κ2) is 10.3. The molecule has 0 radical (unpaired) electrons. The van der Waals surface area contributed by atoms with Gasteiger partial charge in [-0.15, -0.1) is 11.3 Å². The highest BCUT2D eigenvalue weighted by molar-refractivity contribution is 7.25. The number of fused-ring (bicyclic) bond motifs is 9. The van der Waals surface area contributed by atoms with Gasteiger partial charge >= 0.3 is 0 Å². The van der Waals surface area contributed by atoms with Crippen molar-refractivity contribution in [1.29, 1.82) is 0 Å². The van der Waals surface area contributed by atoms with E-state index in [4.69, 9.17) is 4.42 Å². The number of furan rings is 1. The molecule has 220 valence electrons. The zero-order valence-electron chi connectivity index (χ0n) is 25.4. The topological polar surface area (TPSA) is 16.4 Å². The Kier molecular flexibility index (Phi) is 5.78. The van der Waals surface area contributed by atoms with Crippen LogP contribution in [-0.2, 0) is 0 Å². The van der Waals surface area contributed by atoms with Crippen molar-refractivity contribution < 1.29 is 4.42 Å². The smallest absolute Gasteiger partial charge is 0.145 e. The number of hydrogen-bond acceptors (Lipinski definition) is 3. The van der Waals surface area contributed by atoms with Crippen LogP contribution in [-0.4, -0.2) is 0 Å². The van der Waals surface area contributed by atoms with Crippen molar-refractivity contribution in [1.82, 2.24) is 0 Å². The third kappa shape index (κ3) is 4.04. The molecule has 0 aliphatic heterocycles. The minimum absolute atomic E-state index is 0.885. The fraction of sp³-hybridized carbons (Fsp3) is 0. The van der Waals surface area contributed by atoms with E-state index in [1.54, 1.807) is 0 Å². The van der Waals surface area contributed by atoms with Gasteiger partial charge in [-0.3, -0.25) is 0 Å². The third-order valence-corrected chi connectivity index (χ3v) is 10.6. The lowest BCUT2D eigenvalue weighted by Crippen LogP contribution is -2.11. The van der Waals surface area contributed by atoms with Crippen molar-refractivity contribution >= 4 is 92.1 Å². The summed E-state index contributed by atoms with van der Waals surface area (Å²) in [5.41, 5.74) is 7.34. The van der Waals surface area contributed by atoms with Crippen LogP contribution in [0.25, 0.3) is 74.8 Å². The normalized spacial score (nSPS) is 11.8. The standard InChI is InChI=1S/C44H27NOS/c1-2-11-28(12-3-1)33-25-26-38(43-36-17-6-8-19-39(36)46-44(33)43)45(31-23-24-35-34-16-7-9-20-40(34)47-41(35)27-31)37-18-10-14-30-22-21-29-13-4-5-15-32(29)42(30)37/h1-27H. The van der Waals surface area contributed by atoms with Gasteiger partial charge in [0.1, 0.15) is 11.2 Å². The summed E-state index contributed by atoms with van der Waals surface area (Å²) >= 11 is 1.85. The number of anilines is 3. The number of thiophene rings is 1. The van der Waals surface area contributed by atoms with E-state index in [-0.39, 0.29) is 0 Å². The van der Waals surface area contributed by atoms with E-state index in [1.165, 1.54) is 41.7 Å². The zero-order valence-corrected chi connectivity index (χ0v) is 26.2. The van der Waals surface area contributed by atoms with Crippen molar-refractivity contribution in [3.8, 4) is 11.1 Å². The summed E-state index contributed by atoms with van der Waals surface area (Å²) < 4.78 is 9.32. The molecule has 8 aromatic carbocycles. The highest BCUT2D eigenvalue weighted by atomic mass is 32.1. The Morgan fingerprint density at radius 1 is 0.447 bits per heavy atom. The maximum absolute atomic E-state index is 6.74. The van der Waals surface area contributed by atoms with Gasteiger partial charge in [0, 0.05) is 42.2 Å². The van der Waals surface area contributed by atoms with Gasteiger partial charge in [-0.25, -0.2) is 0 Å². The van der Waals surface area contributed by atoms with Gasteiger partial charge in [0.25, 0.3) is 0 Å². The van der Waals surface area contributed by atoms with Crippen LogP contribution in [0.4, 0.5) is 17.1 Å². The summed E-state index contributed by atoms with van der Waals surface area (Å²) in [6, 6.07) is 59.0. The first-order valence-electron chi connectivity index (χ1n) is 15.9. The largest absolute Gasteiger partial charge is 0.455 e. The molecule has 10 rings (SSSR count). The summed E-state index contributed by atoms with van der Waals surface area (Å²) in [6.45, 7) is 0. The number of para-hydroxylation sites is 1. The first-order valence-corrected chi connectivity index (χ1v) is 16.7. The molecule has 0 bridgehead atoms. The number of rotatable bonds is 4. The molecule has 0 aliphatic rings. The lowest BCUT2D eigenvalue weighted by molar-refractivity contribution is 0.670. The molecule has 0 spiro atoms. The maximum atomic E-state index is 6.74. The monoisotopic (exact) mass is 617 g/mol. The zero-order chi connectivity index (χ0) is 30.9. The van der Waals surface area contributed by atoms with Crippen LogP contribution in [0.1, 0.15) is 0 Å². The van der Waals surface area contributed by atoms with E-state index in [2.05, 4.69) is 169 Å². The molecule has 47 heavy (non-hydrogen) atoms. The average molecular weight is 618 g/mol. The van der Waals surface area contributed by atoms with Crippen molar-refractivity contribution in [2.24, 2.45) is 0 Å². The Balaban J connectivity index is 1.34. The highest BCUT2D eigenvalue weighted by Gasteiger charge is 2.24. The number of benzene rings is 8. The first-order chi connectivity index (χ1) is 23.3. The minimum atomic E-state index is 0.885. The molecule has 0 aliphatic carbocycles. The van der Waals surface area contributed by atoms with Gasteiger partial charge in [0.2, 0.25) is 0 Å². The molecule has 0 saturated heterocycles. The van der Waals surface area contributed by atoms with Crippen LogP contribution in [0.15, 0.2) is 168 Å². The Labute approximate surface area is 275 Å². The molecular weight excluding hydrogens is 591 g/mol. The highest BCUT2D eigenvalue weighted by Crippen LogP contribution is 2.49. The minimum Gasteiger partial charge on any atom is -0.455 e. The summed E-state index contributed by atoms with van der Waals surface area (Å²) in [5, 5.41) is 9.71. The lowest BCUT2D eigenvalue weighted by Gasteiger charge is -2.28. The fourth-order valence-electron chi connectivity index (χ4n) is 7.33. The molecule has 0 unspecified atom stereocenters. The van der Waals surface area contributed by atoms with Crippen LogP contribution in [0.2, 0.25) is 0 Å². The van der Waals surface area contributed by atoms with Crippen molar-refractivity contribution in [2.45, 2.75) is 0 Å². The van der Waals surface area contributed by atoms with Crippen LogP contribution in [0, 0.1) is 0 Å². The average Bonchev–Trinajstić information content (AvgIpc) is 3.71. The summed E-state index contributed by atoms with van der Waals surface area (Å²) in [5.74, 6) is 0. The Morgan fingerprint density at radius 3 is 2.06 bits per heavy atom. The van der Waals surface area contributed by atoms with E-state index in [9.17, 15) is 0 Å².